The highest BCUT2D eigenvalue weighted by Gasteiger charge is 2.47. The minimum atomic E-state index is -0.190. The molecule has 0 radical (unpaired) electrons. The summed E-state index contributed by atoms with van der Waals surface area (Å²) >= 11 is 0. The first kappa shape index (κ1) is 14.5. The standard InChI is InChI=1S/C18H21N3O2/c22-10-15-11-4-5-12(8-11)17(15)21-18(23)20-16-3-1-2-13-9-19-7-6-14(13)16/h1-3,6-7,9,11-12,15,17,22H,4-5,8,10H2,(H2,20,21,23)/t11-,12-,15-,17+/m0/s1. The Kier molecular flexibility index (Phi) is 3.65. The lowest BCUT2D eigenvalue weighted by Crippen LogP contribution is -2.46. The number of anilines is 1. The lowest BCUT2D eigenvalue weighted by atomic mass is 9.85. The summed E-state index contributed by atoms with van der Waals surface area (Å²) in [6.45, 7) is 0.159. The normalized spacial score (nSPS) is 28.9. The predicted molar refractivity (Wildman–Crippen MR) is 89.1 cm³/mol. The Morgan fingerprint density at radius 1 is 1.26 bits per heavy atom. The molecule has 0 aliphatic heterocycles. The number of urea groups is 1. The molecule has 2 fully saturated rings. The summed E-state index contributed by atoms with van der Waals surface area (Å²) in [5, 5.41) is 17.7. The van der Waals surface area contributed by atoms with E-state index in [0.717, 1.165) is 29.3 Å². The highest BCUT2D eigenvalue weighted by molar-refractivity contribution is 6.01. The fourth-order valence-electron chi connectivity index (χ4n) is 4.44. The van der Waals surface area contributed by atoms with E-state index in [9.17, 15) is 9.90 Å². The van der Waals surface area contributed by atoms with Crippen molar-refractivity contribution in [1.82, 2.24) is 10.3 Å². The summed E-state index contributed by atoms with van der Waals surface area (Å²) in [5.74, 6) is 1.29. The maximum Gasteiger partial charge on any atom is 0.319 e. The van der Waals surface area contributed by atoms with Crippen LogP contribution in [0.25, 0.3) is 10.8 Å². The molecule has 2 aromatic rings. The highest BCUT2D eigenvalue weighted by atomic mass is 16.3. The van der Waals surface area contributed by atoms with Gasteiger partial charge in [-0.15, -0.1) is 0 Å². The van der Waals surface area contributed by atoms with Crippen molar-refractivity contribution in [3.05, 3.63) is 36.7 Å². The number of carbonyl (C=O) groups is 1. The predicted octanol–water partition coefficient (Wildman–Crippen LogP) is 2.76. The molecule has 2 aliphatic carbocycles. The second-order valence-corrected chi connectivity index (χ2v) is 6.71. The zero-order valence-corrected chi connectivity index (χ0v) is 12.9. The topological polar surface area (TPSA) is 74.2 Å². The van der Waals surface area contributed by atoms with Crippen molar-refractivity contribution in [2.45, 2.75) is 25.3 Å². The lowest BCUT2D eigenvalue weighted by molar-refractivity contribution is 0.146. The van der Waals surface area contributed by atoms with Crippen LogP contribution in [-0.2, 0) is 0 Å². The third-order valence-electron chi connectivity index (χ3n) is 5.53. The first-order valence-corrected chi connectivity index (χ1v) is 8.27. The number of nitrogens with one attached hydrogen (secondary N) is 2. The maximum atomic E-state index is 12.4. The molecule has 4 rings (SSSR count). The molecule has 5 heteroatoms. The smallest absolute Gasteiger partial charge is 0.319 e. The number of fused-ring (bicyclic) bond motifs is 3. The molecule has 23 heavy (non-hydrogen) atoms. The number of aliphatic hydroxyl groups excluding tert-OH is 1. The maximum absolute atomic E-state index is 12.4. The Bertz CT molecular complexity index is 728. The summed E-state index contributed by atoms with van der Waals surface area (Å²) in [6, 6.07) is 7.59. The molecule has 2 amide bonds. The van der Waals surface area contributed by atoms with Gasteiger partial charge in [0.2, 0.25) is 0 Å². The summed E-state index contributed by atoms with van der Waals surface area (Å²) in [7, 11) is 0. The second-order valence-electron chi connectivity index (χ2n) is 6.71. The molecule has 0 saturated heterocycles. The summed E-state index contributed by atoms with van der Waals surface area (Å²) < 4.78 is 0. The summed E-state index contributed by atoms with van der Waals surface area (Å²) in [4.78, 5) is 16.5. The number of aliphatic hydroxyl groups is 1. The van der Waals surface area contributed by atoms with Crippen LogP contribution in [0, 0.1) is 17.8 Å². The van der Waals surface area contributed by atoms with Gasteiger partial charge < -0.3 is 15.7 Å². The van der Waals surface area contributed by atoms with Crippen LogP contribution in [0.15, 0.2) is 36.7 Å². The Balaban J connectivity index is 1.50. The molecule has 2 bridgehead atoms. The number of hydrogen-bond donors (Lipinski definition) is 3. The van der Waals surface area contributed by atoms with E-state index in [1.54, 1.807) is 12.4 Å². The van der Waals surface area contributed by atoms with Gasteiger partial charge in [0.25, 0.3) is 0 Å². The van der Waals surface area contributed by atoms with Crippen LogP contribution >= 0.6 is 0 Å². The number of carbonyl (C=O) groups excluding carboxylic acids is 1. The van der Waals surface area contributed by atoms with Gasteiger partial charge in [-0.25, -0.2) is 4.79 Å². The van der Waals surface area contributed by atoms with Crippen molar-refractivity contribution >= 4 is 22.5 Å². The fraction of sp³-hybridized carbons (Fsp3) is 0.444. The zero-order chi connectivity index (χ0) is 15.8. The number of hydrogen-bond acceptors (Lipinski definition) is 3. The summed E-state index contributed by atoms with van der Waals surface area (Å²) in [6.07, 6.45) is 6.99. The van der Waals surface area contributed by atoms with Crippen molar-refractivity contribution in [1.29, 1.82) is 0 Å². The number of rotatable bonds is 3. The van der Waals surface area contributed by atoms with Gasteiger partial charge in [-0.1, -0.05) is 12.1 Å². The molecule has 0 spiro atoms. The largest absolute Gasteiger partial charge is 0.396 e. The van der Waals surface area contributed by atoms with E-state index in [1.165, 1.54) is 6.42 Å². The van der Waals surface area contributed by atoms with Gasteiger partial charge in [0.15, 0.2) is 0 Å². The van der Waals surface area contributed by atoms with Gasteiger partial charge in [-0.2, -0.15) is 0 Å². The number of nitrogens with zero attached hydrogens (tertiary/aromatic N) is 1. The molecule has 120 valence electrons. The number of aromatic nitrogens is 1. The highest BCUT2D eigenvalue weighted by Crippen LogP contribution is 2.48. The molecular weight excluding hydrogens is 290 g/mol. The number of amides is 2. The van der Waals surface area contributed by atoms with Gasteiger partial charge in [-0.3, -0.25) is 4.98 Å². The third kappa shape index (κ3) is 2.55. The fourth-order valence-corrected chi connectivity index (χ4v) is 4.44. The number of benzene rings is 1. The monoisotopic (exact) mass is 311 g/mol. The van der Waals surface area contributed by atoms with E-state index in [2.05, 4.69) is 15.6 Å². The van der Waals surface area contributed by atoms with Crippen molar-refractivity contribution in [3.63, 3.8) is 0 Å². The Hall–Kier alpha value is -2.14. The van der Waals surface area contributed by atoms with E-state index < -0.39 is 0 Å². The molecule has 0 unspecified atom stereocenters. The van der Waals surface area contributed by atoms with Crippen LogP contribution in [0.4, 0.5) is 10.5 Å². The van der Waals surface area contributed by atoms with Crippen molar-refractivity contribution < 1.29 is 9.90 Å². The van der Waals surface area contributed by atoms with Crippen molar-refractivity contribution in [2.75, 3.05) is 11.9 Å². The van der Waals surface area contributed by atoms with Gasteiger partial charge in [0.1, 0.15) is 0 Å². The van der Waals surface area contributed by atoms with E-state index in [-0.39, 0.29) is 24.6 Å². The van der Waals surface area contributed by atoms with Crippen LogP contribution in [0.3, 0.4) is 0 Å². The molecule has 2 saturated carbocycles. The molecule has 5 nitrogen and oxygen atoms in total. The van der Waals surface area contributed by atoms with Gasteiger partial charge >= 0.3 is 6.03 Å². The van der Waals surface area contributed by atoms with Gasteiger partial charge in [0.05, 0.1) is 5.69 Å². The zero-order valence-electron chi connectivity index (χ0n) is 12.9. The average Bonchev–Trinajstić information content (AvgIpc) is 3.16. The van der Waals surface area contributed by atoms with E-state index in [4.69, 9.17) is 0 Å². The second kappa shape index (κ2) is 5.81. The SMILES string of the molecule is O=C(Nc1cccc2cnccc12)N[C@@H]1[C@H]2CC[C@@H](C2)[C@@H]1CO. The molecule has 1 heterocycles. The minimum Gasteiger partial charge on any atom is -0.396 e. The molecule has 1 aromatic heterocycles. The Morgan fingerprint density at radius 2 is 2.13 bits per heavy atom. The number of pyridine rings is 1. The van der Waals surface area contributed by atoms with Crippen molar-refractivity contribution in [3.8, 4) is 0 Å². The minimum absolute atomic E-state index is 0.0930. The van der Waals surface area contributed by atoms with Gasteiger partial charge in [0, 0.05) is 41.7 Å². The van der Waals surface area contributed by atoms with Gasteiger partial charge in [-0.05, 0) is 43.2 Å². The molecular formula is C18H21N3O2. The lowest BCUT2D eigenvalue weighted by Gasteiger charge is -2.30. The van der Waals surface area contributed by atoms with Crippen molar-refractivity contribution in [2.24, 2.45) is 17.8 Å². The molecule has 3 N–H and O–H groups in total. The van der Waals surface area contributed by atoms with E-state index >= 15 is 0 Å². The molecule has 4 atom stereocenters. The van der Waals surface area contributed by atoms with E-state index in [0.29, 0.717) is 11.8 Å². The quantitative estimate of drug-likeness (QED) is 0.816. The summed E-state index contributed by atoms with van der Waals surface area (Å²) in [5.41, 5.74) is 0.783. The van der Waals surface area contributed by atoms with Crippen LogP contribution in [0.1, 0.15) is 19.3 Å². The molecule has 2 aliphatic rings. The third-order valence-corrected chi connectivity index (χ3v) is 5.53. The van der Waals surface area contributed by atoms with Crippen LogP contribution < -0.4 is 10.6 Å². The molecule has 1 aromatic carbocycles. The van der Waals surface area contributed by atoms with Crippen LogP contribution in [0.5, 0.6) is 0 Å². The average molecular weight is 311 g/mol. The van der Waals surface area contributed by atoms with Crippen LogP contribution in [0.2, 0.25) is 0 Å². The van der Waals surface area contributed by atoms with E-state index in [1.807, 2.05) is 24.3 Å². The Labute approximate surface area is 135 Å². The van der Waals surface area contributed by atoms with Crippen LogP contribution in [-0.4, -0.2) is 28.8 Å². The Morgan fingerprint density at radius 3 is 3.00 bits per heavy atom. The first-order chi connectivity index (χ1) is 11.3. The first-order valence-electron chi connectivity index (χ1n) is 8.27.